The lowest BCUT2D eigenvalue weighted by molar-refractivity contribution is 0.629. The maximum absolute atomic E-state index is 14.1. The van der Waals surface area contributed by atoms with Crippen LogP contribution >= 0.6 is 11.6 Å². The van der Waals surface area contributed by atoms with Gasteiger partial charge in [-0.25, -0.2) is 9.37 Å². The Labute approximate surface area is 189 Å². The normalized spacial score (nSPS) is 11.5. The first-order valence-corrected chi connectivity index (χ1v) is 10.8. The second kappa shape index (κ2) is 7.92. The number of aromatic nitrogens is 3. The fourth-order valence-corrected chi connectivity index (χ4v) is 4.40. The van der Waals surface area contributed by atoms with Crippen molar-refractivity contribution in [2.24, 2.45) is 0 Å². The largest absolute Gasteiger partial charge is 0.330 e. The van der Waals surface area contributed by atoms with Gasteiger partial charge in [0, 0.05) is 17.0 Å². The molecule has 0 N–H and O–H groups in total. The molecule has 32 heavy (non-hydrogen) atoms. The second-order valence-electron chi connectivity index (χ2n) is 8.14. The van der Waals surface area contributed by atoms with Crippen LogP contribution in [0.5, 0.6) is 0 Å². The lowest BCUT2D eigenvalue weighted by Gasteiger charge is -2.12. The zero-order valence-electron chi connectivity index (χ0n) is 17.8. The number of rotatable bonds is 4. The number of halogens is 2. The average molecular weight is 446 g/mol. The molecule has 4 nitrogen and oxygen atoms in total. The van der Waals surface area contributed by atoms with E-state index < -0.39 is 0 Å². The monoisotopic (exact) mass is 445 g/mol. The van der Waals surface area contributed by atoms with Gasteiger partial charge < -0.3 is 4.57 Å². The van der Waals surface area contributed by atoms with Crippen molar-refractivity contribution in [2.75, 3.05) is 0 Å². The molecule has 6 heteroatoms. The molecule has 5 aromatic rings. The minimum Gasteiger partial charge on any atom is -0.330 e. The van der Waals surface area contributed by atoms with Gasteiger partial charge in [0.1, 0.15) is 16.9 Å². The van der Waals surface area contributed by atoms with Gasteiger partial charge in [0.2, 0.25) is 0 Å². The van der Waals surface area contributed by atoms with Crippen molar-refractivity contribution in [3.05, 3.63) is 110 Å². The summed E-state index contributed by atoms with van der Waals surface area (Å²) >= 11 is 6.31. The summed E-state index contributed by atoms with van der Waals surface area (Å²) in [6.45, 7) is 4.89. The van der Waals surface area contributed by atoms with Crippen LogP contribution in [-0.4, -0.2) is 14.1 Å². The highest BCUT2D eigenvalue weighted by atomic mass is 35.5. The number of aryl methyl sites for hydroxylation is 2. The van der Waals surface area contributed by atoms with Crippen molar-refractivity contribution in [3.63, 3.8) is 0 Å². The van der Waals surface area contributed by atoms with Gasteiger partial charge in [-0.15, -0.1) is 0 Å². The number of nitrogens with zero attached hydrogens (tertiary/aromatic N) is 3. The lowest BCUT2D eigenvalue weighted by atomic mass is 10.1. The number of benzene rings is 3. The summed E-state index contributed by atoms with van der Waals surface area (Å²) in [5.74, 6) is -0.356. The molecule has 0 atom stereocenters. The molecular formula is C26H21ClFN3O. The van der Waals surface area contributed by atoms with E-state index in [-0.39, 0.29) is 11.4 Å². The van der Waals surface area contributed by atoms with E-state index in [1.54, 1.807) is 16.7 Å². The Bertz CT molecular complexity index is 1550. The van der Waals surface area contributed by atoms with E-state index in [1.165, 1.54) is 18.5 Å². The third-order valence-corrected chi connectivity index (χ3v) is 6.29. The first-order valence-electron chi connectivity index (χ1n) is 10.4. The smallest absolute Gasteiger partial charge is 0.278 e. The van der Waals surface area contributed by atoms with Gasteiger partial charge in [-0.05, 0) is 54.8 Å². The zero-order chi connectivity index (χ0) is 22.4. The Morgan fingerprint density at radius 2 is 1.78 bits per heavy atom. The number of fused-ring (bicyclic) bond motifs is 3. The van der Waals surface area contributed by atoms with Crippen molar-refractivity contribution in [3.8, 4) is 0 Å². The number of hydrogen-bond donors (Lipinski definition) is 0. The summed E-state index contributed by atoms with van der Waals surface area (Å²) < 4.78 is 17.6. The van der Waals surface area contributed by atoms with Crippen LogP contribution in [-0.2, 0) is 13.1 Å². The summed E-state index contributed by atoms with van der Waals surface area (Å²) in [4.78, 5) is 18.2. The van der Waals surface area contributed by atoms with E-state index in [2.05, 4.69) is 30.1 Å². The first kappa shape index (κ1) is 20.5. The van der Waals surface area contributed by atoms with Gasteiger partial charge >= 0.3 is 0 Å². The van der Waals surface area contributed by atoms with E-state index in [1.807, 2.05) is 29.7 Å². The summed E-state index contributed by atoms with van der Waals surface area (Å²) in [5.41, 5.74) is 5.78. The molecule has 0 aliphatic rings. The van der Waals surface area contributed by atoms with Crippen LogP contribution in [0.1, 0.15) is 22.3 Å². The van der Waals surface area contributed by atoms with Gasteiger partial charge in [-0.1, -0.05) is 53.6 Å². The van der Waals surface area contributed by atoms with Crippen molar-refractivity contribution >= 4 is 33.5 Å². The van der Waals surface area contributed by atoms with Crippen molar-refractivity contribution in [1.82, 2.24) is 14.1 Å². The Morgan fingerprint density at radius 1 is 0.969 bits per heavy atom. The molecule has 0 amide bonds. The molecule has 0 unspecified atom stereocenters. The quantitative estimate of drug-likeness (QED) is 0.347. The van der Waals surface area contributed by atoms with Crippen LogP contribution in [0.2, 0.25) is 5.02 Å². The van der Waals surface area contributed by atoms with E-state index in [9.17, 15) is 9.18 Å². The predicted octanol–water partition coefficient (Wildman–Crippen LogP) is 5.86. The van der Waals surface area contributed by atoms with Crippen LogP contribution in [0.15, 0.2) is 71.8 Å². The molecule has 0 bridgehead atoms. The van der Waals surface area contributed by atoms with E-state index in [4.69, 9.17) is 11.6 Å². The Balaban J connectivity index is 1.75. The molecule has 0 fully saturated rings. The molecular weight excluding hydrogens is 425 g/mol. The van der Waals surface area contributed by atoms with Crippen molar-refractivity contribution < 1.29 is 4.39 Å². The summed E-state index contributed by atoms with van der Waals surface area (Å²) in [7, 11) is 0. The molecule has 5 rings (SSSR count). The fraction of sp³-hybridized carbons (Fsp3) is 0.154. The van der Waals surface area contributed by atoms with E-state index in [0.29, 0.717) is 34.5 Å². The molecule has 3 aromatic carbocycles. The van der Waals surface area contributed by atoms with Crippen LogP contribution in [0.4, 0.5) is 4.39 Å². The lowest BCUT2D eigenvalue weighted by Crippen LogP contribution is -2.23. The van der Waals surface area contributed by atoms with Gasteiger partial charge in [-0.3, -0.25) is 9.36 Å². The van der Waals surface area contributed by atoms with Gasteiger partial charge in [0.05, 0.1) is 18.4 Å². The van der Waals surface area contributed by atoms with Crippen molar-refractivity contribution in [1.29, 1.82) is 0 Å². The third kappa shape index (κ3) is 3.49. The average Bonchev–Trinajstić information content (AvgIpc) is 3.07. The van der Waals surface area contributed by atoms with Gasteiger partial charge in [0.15, 0.2) is 0 Å². The molecule has 0 saturated carbocycles. The molecule has 0 aliphatic heterocycles. The summed E-state index contributed by atoms with van der Waals surface area (Å²) in [6, 6.07) is 18.3. The SMILES string of the molecule is Cc1ccc(C)c(Cn2c3ccc(F)cc3c3ncn(Cc4ccccc4Cl)c(=O)c32)c1. The van der Waals surface area contributed by atoms with Crippen LogP contribution in [0, 0.1) is 19.7 Å². The topological polar surface area (TPSA) is 39.8 Å². The molecule has 0 radical (unpaired) electrons. The fourth-order valence-electron chi connectivity index (χ4n) is 4.20. The Hall–Kier alpha value is -3.44. The Kier molecular flexibility index (Phi) is 5.06. The minimum absolute atomic E-state index is 0.183. The zero-order valence-corrected chi connectivity index (χ0v) is 18.5. The number of hydrogen-bond acceptors (Lipinski definition) is 2. The maximum Gasteiger partial charge on any atom is 0.278 e. The Morgan fingerprint density at radius 3 is 2.59 bits per heavy atom. The molecule has 2 aromatic heterocycles. The highest BCUT2D eigenvalue weighted by Gasteiger charge is 2.18. The molecule has 0 saturated heterocycles. The molecule has 2 heterocycles. The van der Waals surface area contributed by atoms with Crippen LogP contribution < -0.4 is 5.56 Å². The van der Waals surface area contributed by atoms with Crippen LogP contribution in [0.3, 0.4) is 0 Å². The minimum atomic E-state index is -0.356. The third-order valence-electron chi connectivity index (χ3n) is 5.92. The highest BCUT2D eigenvalue weighted by molar-refractivity contribution is 6.31. The van der Waals surface area contributed by atoms with Gasteiger partial charge in [0.25, 0.3) is 5.56 Å². The summed E-state index contributed by atoms with van der Waals surface area (Å²) in [5, 5.41) is 1.23. The maximum atomic E-state index is 14.1. The predicted molar refractivity (Wildman–Crippen MR) is 127 cm³/mol. The standard InChI is InChI=1S/C26H21ClFN3O/c1-16-7-8-17(2)19(11-16)14-31-23-10-9-20(28)12-21(23)24-25(31)26(32)30(15-29-24)13-18-5-3-4-6-22(18)27/h3-12,15H,13-14H2,1-2H3. The second-order valence-corrected chi connectivity index (χ2v) is 8.55. The summed E-state index contributed by atoms with van der Waals surface area (Å²) in [6.07, 6.45) is 1.51. The van der Waals surface area contributed by atoms with E-state index in [0.717, 1.165) is 27.8 Å². The molecule has 0 spiro atoms. The van der Waals surface area contributed by atoms with Crippen LogP contribution in [0.25, 0.3) is 21.9 Å². The molecule has 160 valence electrons. The van der Waals surface area contributed by atoms with E-state index >= 15 is 0 Å². The highest BCUT2D eigenvalue weighted by Crippen LogP contribution is 2.28. The van der Waals surface area contributed by atoms with Gasteiger partial charge in [-0.2, -0.15) is 0 Å². The molecule has 0 aliphatic carbocycles. The van der Waals surface area contributed by atoms with Crippen molar-refractivity contribution in [2.45, 2.75) is 26.9 Å². The first-order chi connectivity index (χ1) is 15.4.